The lowest BCUT2D eigenvalue weighted by Crippen LogP contribution is -2.25. The summed E-state index contributed by atoms with van der Waals surface area (Å²) in [5.74, 6) is 3.24. The first kappa shape index (κ1) is 15.4. The minimum absolute atomic E-state index is 0.187. The zero-order valence-electron chi connectivity index (χ0n) is 10.8. The Hall–Kier alpha value is -0.563. The van der Waals surface area contributed by atoms with Crippen molar-refractivity contribution in [3.63, 3.8) is 0 Å². The lowest BCUT2D eigenvalue weighted by Gasteiger charge is -2.12. The van der Waals surface area contributed by atoms with Crippen LogP contribution in [0.5, 0.6) is 0 Å². The van der Waals surface area contributed by atoms with E-state index in [4.69, 9.17) is 5.21 Å². The standard InChI is InChI=1S/C13H25NOSi/c1-5-6-10-13(14-15)11-8-7-9-12-16(2,3)4/h5,13-15H,1,6-8,10-11H2,2-4H3. The lowest BCUT2D eigenvalue weighted by molar-refractivity contribution is 0.117. The summed E-state index contributed by atoms with van der Waals surface area (Å²) in [7, 11) is -1.20. The van der Waals surface area contributed by atoms with Crippen molar-refractivity contribution in [1.29, 1.82) is 0 Å². The molecule has 0 fully saturated rings. The Labute approximate surface area is 101 Å². The first-order valence-corrected chi connectivity index (χ1v) is 9.50. The molecule has 16 heavy (non-hydrogen) atoms. The van der Waals surface area contributed by atoms with Crippen LogP contribution in [0.2, 0.25) is 19.6 Å². The van der Waals surface area contributed by atoms with Crippen LogP contribution in [0.3, 0.4) is 0 Å². The maximum atomic E-state index is 8.92. The van der Waals surface area contributed by atoms with E-state index in [2.05, 4.69) is 43.2 Å². The van der Waals surface area contributed by atoms with E-state index in [1.807, 2.05) is 6.08 Å². The first-order chi connectivity index (χ1) is 7.49. The van der Waals surface area contributed by atoms with Crippen LogP contribution >= 0.6 is 0 Å². The quantitative estimate of drug-likeness (QED) is 0.235. The van der Waals surface area contributed by atoms with E-state index in [0.717, 1.165) is 32.1 Å². The van der Waals surface area contributed by atoms with Crippen LogP contribution in [0, 0.1) is 11.5 Å². The summed E-state index contributed by atoms with van der Waals surface area (Å²) in [5.41, 5.74) is 5.70. The van der Waals surface area contributed by atoms with Crippen molar-refractivity contribution < 1.29 is 5.21 Å². The third-order valence-corrected chi connectivity index (χ3v) is 3.15. The maximum absolute atomic E-state index is 8.92. The smallest absolute Gasteiger partial charge is 0.129 e. The fourth-order valence-electron chi connectivity index (χ4n) is 1.36. The number of unbranched alkanes of at least 4 members (excludes halogenated alkanes) is 1. The van der Waals surface area contributed by atoms with Gasteiger partial charge in [-0.1, -0.05) is 25.7 Å². The largest absolute Gasteiger partial charge is 0.317 e. The van der Waals surface area contributed by atoms with Crippen LogP contribution in [-0.2, 0) is 0 Å². The van der Waals surface area contributed by atoms with Gasteiger partial charge in [0.15, 0.2) is 0 Å². The van der Waals surface area contributed by atoms with Crippen LogP contribution < -0.4 is 5.48 Å². The molecule has 0 saturated carbocycles. The first-order valence-electron chi connectivity index (χ1n) is 6.00. The molecule has 0 aliphatic rings. The second-order valence-corrected chi connectivity index (χ2v) is 9.89. The molecule has 0 radical (unpaired) electrons. The molecule has 0 bridgehead atoms. The molecule has 0 heterocycles. The van der Waals surface area contributed by atoms with Gasteiger partial charge < -0.3 is 5.21 Å². The van der Waals surface area contributed by atoms with Crippen molar-refractivity contribution in [3.8, 4) is 11.5 Å². The van der Waals surface area contributed by atoms with E-state index in [0.29, 0.717) is 0 Å². The lowest BCUT2D eigenvalue weighted by atomic mass is 10.1. The van der Waals surface area contributed by atoms with Gasteiger partial charge >= 0.3 is 0 Å². The molecule has 0 saturated heterocycles. The normalized spacial score (nSPS) is 12.8. The van der Waals surface area contributed by atoms with Crippen LogP contribution in [-0.4, -0.2) is 19.3 Å². The van der Waals surface area contributed by atoms with Gasteiger partial charge in [-0.25, -0.2) is 5.48 Å². The van der Waals surface area contributed by atoms with Crippen molar-refractivity contribution >= 4 is 8.07 Å². The topological polar surface area (TPSA) is 32.3 Å². The molecule has 1 atom stereocenters. The van der Waals surface area contributed by atoms with Crippen LogP contribution in [0.1, 0.15) is 32.1 Å². The number of hydroxylamine groups is 1. The molecule has 0 rings (SSSR count). The van der Waals surface area contributed by atoms with E-state index in [9.17, 15) is 0 Å². The highest BCUT2D eigenvalue weighted by Gasteiger charge is 2.07. The fourth-order valence-corrected chi connectivity index (χ4v) is 2.01. The molecule has 0 aromatic heterocycles. The van der Waals surface area contributed by atoms with Gasteiger partial charge in [-0.15, -0.1) is 18.0 Å². The maximum Gasteiger partial charge on any atom is 0.129 e. The van der Waals surface area contributed by atoms with Gasteiger partial charge in [-0.3, -0.25) is 0 Å². The van der Waals surface area contributed by atoms with Gasteiger partial charge in [-0.05, 0) is 25.7 Å². The number of rotatable bonds is 7. The van der Waals surface area contributed by atoms with Gasteiger partial charge in [0.2, 0.25) is 0 Å². The van der Waals surface area contributed by atoms with E-state index < -0.39 is 8.07 Å². The molecule has 0 spiro atoms. The number of allylic oxidation sites excluding steroid dienone is 1. The SMILES string of the molecule is C=CCCC(CCCC#C[Si](C)(C)C)NO. The highest BCUT2D eigenvalue weighted by molar-refractivity contribution is 6.83. The van der Waals surface area contributed by atoms with Crippen LogP contribution in [0.25, 0.3) is 0 Å². The molecule has 0 aromatic carbocycles. The minimum atomic E-state index is -1.20. The van der Waals surface area contributed by atoms with Gasteiger partial charge in [0, 0.05) is 12.5 Å². The monoisotopic (exact) mass is 239 g/mol. The molecule has 0 amide bonds. The minimum Gasteiger partial charge on any atom is -0.317 e. The summed E-state index contributed by atoms with van der Waals surface area (Å²) in [6.45, 7) is 10.4. The van der Waals surface area contributed by atoms with Crippen LogP contribution in [0.15, 0.2) is 12.7 Å². The molecule has 92 valence electrons. The van der Waals surface area contributed by atoms with Crippen molar-refractivity contribution in [2.45, 2.75) is 57.8 Å². The van der Waals surface area contributed by atoms with Gasteiger partial charge in [0.25, 0.3) is 0 Å². The zero-order valence-corrected chi connectivity index (χ0v) is 11.8. The number of hydrogen-bond acceptors (Lipinski definition) is 2. The molecule has 2 nitrogen and oxygen atoms in total. The molecule has 3 heteroatoms. The second kappa shape index (κ2) is 8.57. The molecular weight excluding hydrogens is 214 g/mol. The Morgan fingerprint density at radius 1 is 1.38 bits per heavy atom. The van der Waals surface area contributed by atoms with E-state index in [-0.39, 0.29) is 6.04 Å². The Morgan fingerprint density at radius 3 is 2.56 bits per heavy atom. The third kappa shape index (κ3) is 9.97. The number of nitrogens with one attached hydrogen (secondary N) is 1. The molecule has 2 N–H and O–H groups in total. The van der Waals surface area contributed by atoms with E-state index >= 15 is 0 Å². The molecule has 0 aromatic rings. The Kier molecular flexibility index (Phi) is 8.27. The Bertz CT molecular complexity index is 247. The summed E-state index contributed by atoms with van der Waals surface area (Å²) in [6, 6.07) is 0.187. The summed E-state index contributed by atoms with van der Waals surface area (Å²) in [6.07, 6.45) is 6.74. The summed E-state index contributed by atoms with van der Waals surface area (Å²) >= 11 is 0. The molecular formula is C13H25NOSi. The van der Waals surface area contributed by atoms with Crippen LogP contribution in [0.4, 0.5) is 0 Å². The second-order valence-electron chi connectivity index (χ2n) is 5.14. The zero-order chi connectivity index (χ0) is 12.4. The van der Waals surface area contributed by atoms with Crippen molar-refractivity contribution in [1.82, 2.24) is 5.48 Å². The average molecular weight is 239 g/mol. The fraction of sp³-hybridized carbons (Fsp3) is 0.692. The predicted octanol–water partition coefficient (Wildman–Crippen LogP) is 3.35. The molecule has 1 unspecified atom stereocenters. The summed E-state index contributed by atoms with van der Waals surface area (Å²) in [4.78, 5) is 0. The van der Waals surface area contributed by atoms with E-state index in [1.165, 1.54) is 0 Å². The van der Waals surface area contributed by atoms with Crippen molar-refractivity contribution in [2.75, 3.05) is 0 Å². The third-order valence-electron chi connectivity index (χ3n) is 2.22. The van der Waals surface area contributed by atoms with Crippen molar-refractivity contribution in [3.05, 3.63) is 12.7 Å². The van der Waals surface area contributed by atoms with Gasteiger partial charge in [0.05, 0.1) is 0 Å². The Balaban J connectivity index is 3.69. The number of hydrogen-bond donors (Lipinski definition) is 2. The summed E-state index contributed by atoms with van der Waals surface area (Å²) < 4.78 is 0. The molecule has 0 aliphatic carbocycles. The highest BCUT2D eigenvalue weighted by atomic mass is 28.3. The van der Waals surface area contributed by atoms with Gasteiger partial charge in [0.1, 0.15) is 8.07 Å². The van der Waals surface area contributed by atoms with Gasteiger partial charge in [-0.2, -0.15) is 0 Å². The predicted molar refractivity (Wildman–Crippen MR) is 73.1 cm³/mol. The Morgan fingerprint density at radius 2 is 2.06 bits per heavy atom. The summed E-state index contributed by atoms with van der Waals surface area (Å²) in [5, 5.41) is 8.92. The average Bonchev–Trinajstić information content (AvgIpc) is 2.20. The van der Waals surface area contributed by atoms with E-state index in [1.54, 1.807) is 0 Å². The van der Waals surface area contributed by atoms with Crippen molar-refractivity contribution in [2.24, 2.45) is 0 Å². The molecule has 0 aliphatic heterocycles. The highest BCUT2D eigenvalue weighted by Crippen LogP contribution is 2.07.